The van der Waals surface area contributed by atoms with Crippen LogP contribution in [-0.2, 0) is 23.0 Å². The zero-order chi connectivity index (χ0) is 16.7. The predicted molar refractivity (Wildman–Crippen MR) is 88.3 cm³/mol. The van der Waals surface area contributed by atoms with Crippen molar-refractivity contribution >= 4 is 10.0 Å². The minimum absolute atomic E-state index is 0.0398. The van der Waals surface area contributed by atoms with Crippen molar-refractivity contribution in [3.8, 4) is 5.75 Å². The van der Waals surface area contributed by atoms with E-state index >= 15 is 0 Å². The van der Waals surface area contributed by atoms with Gasteiger partial charge in [0.05, 0.1) is 5.75 Å². The first-order valence-corrected chi connectivity index (χ1v) is 9.08. The molecular weight excluding hydrogens is 317 g/mol. The van der Waals surface area contributed by atoms with Gasteiger partial charge < -0.3 is 4.74 Å². The molecule has 0 saturated carbocycles. The Morgan fingerprint density at radius 1 is 1.09 bits per heavy atom. The smallest absolute Gasteiger partial charge is 0.215 e. The summed E-state index contributed by atoms with van der Waals surface area (Å²) in [6, 6.07) is 13.6. The number of benzene rings is 2. The number of hydrogen-bond acceptors (Lipinski definition) is 3. The minimum atomic E-state index is -3.52. The fourth-order valence-electron chi connectivity index (χ4n) is 1.99. The van der Waals surface area contributed by atoms with E-state index in [2.05, 4.69) is 11.6 Å². The summed E-state index contributed by atoms with van der Waals surface area (Å²) in [5.41, 5.74) is 1.50. The molecule has 0 atom stereocenters. The van der Waals surface area contributed by atoms with Crippen molar-refractivity contribution in [1.29, 1.82) is 0 Å². The van der Waals surface area contributed by atoms with Crippen molar-refractivity contribution in [3.05, 3.63) is 65.5 Å². The Kier molecular flexibility index (Phi) is 6.12. The van der Waals surface area contributed by atoms with E-state index in [0.29, 0.717) is 11.3 Å². The molecule has 0 fully saturated rings. The Labute approximate surface area is 136 Å². The van der Waals surface area contributed by atoms with Crippen LogP contribution >= 0.6 is 0 Å². The van der Waals surface area contributed by atoms with E-state index in [9.17, 15) is 12.8 Å². The van der Waals surface area contributed by atoms with E-state index in [4.69, 9.17) is 4.74 Å². The molecule has 124 valence electrons. The van der Waals surface area contributed by atoms with Gasteiger partial charge in [-0.1, -0.05) is 37.3 Å². The first-order valence-electron chi connectivity index (χ1n) is 7.42. The van der Waals surface area contributed by atoms with Gasteiger partial charge in [0.15, 0.2) is 0 Å². The largest absolute Gasteiger partial charge is 0.492 e. The molecule has 0 aliphatic carbocycles. The maximum absolute atomic E-state index is 13.4. The van der Waals surface area contributed by atoms with Gasteiger partial charge in [0.25, 0.3) is 0 Å². The molecule has 0 saturated heterocycles. The molecule has 0 spiro atoms. The van der Waals surface area contributed by atoms with E-state index in [-0.39, 0.29) is 18.9 Å². The summed E-state index contributed by atoms with van der Waals surface area (Å²) >= 11 is 0. The van der Waals surface area contributed by atoms with Crippen molar-refractivity contribution in [2.24, 2.45) is 0 Å². The molecule has 1 N–H and O–H groups in total. The molecule has 0 heterocycles. The third-order valence-electron chi connectivity index (χ3n) is 3.39. The number of rotatable bonds is 8. The van der Waals surface area contributed by atoms with Crippen LogP contribution in [0.1, 0.15) is 18.1 Å². The van der Waals surface area contributed by atoms with Crippen molar-refractivity contribution in [2.75, 3.05) is 12.4 Å². The second-order valence-electron chi connectivity index (χ2n) is 5.08. The quantitative estimate of drug-likeness (QED) is 0.806. The molecule has 0 aliphatic rings. The van der Waals surface area contributed by atoms with Crippen LogP contribution in [0.2, 0.25) is 0 Å². The predicted octanol–water partition coefficient (Wildman–Crippen LogP) is 2.89. The molecule has 0 bridgehead atoms. The highest BCUT2D eigenvalue weighted by Crippen LogP contribution is 2.12. The summed E-state index contributed by atoms with van der Waals surface area (Å²) in [6.45, 7) is 2.03. The van der Waals surface area contributed by atoms with Crippen LogP contribution in [0.3, 0.4) is 0 Å². The summed E-state index contributed by atoms with van der Waals surface area (Å²) in [6.07, 6.45) is 0.939. The molecule has 0 unspecified atom stereocenters. The molecule has 4 nitrogen and oxygen atoms in total. The van der Waals surface area contributed by atoms with Crippen LogP contribution in [0.25, 0.3) is 0 Å². The molecule has 0 aromatic heterocycles. The highest BCUT2D eigenvalue weighted by atomic mass is 32.2. The molecule has 6 heteroatoms. The summed E-state index contributed by atoms with van der Waals surface area (Å²) in [5.74, 6) is 0.0192. The molecule has 23 heavy (non-hydrogen) atoms. The summed E-state index contributed by atoms with van der Waals surface area (Å²) in [4.78, 5) is 0. The van der Waals surface area contributed by atoms with Crippen LogP contribution in [0.4, 0.5) is 4.39 Å². The normalized spacial score (nSPS) is 11.4. The monoisotopic (exact) mass is 337 g/mol. The SMILES string of the molecule is CCc1ccc(OCCS(=O)(=O)NCc2ccccc2F)cc1. The van der Waals surface area contributed by atoms with Crippen molar-refractivity contribution in [3.63, 3.8) is 0 Å². The van der Waals surface area contributed by atoms with Gasteiger partial charge in [-0.3, -0.25) is 0 Å². The van der Waals surface area contributed by atoms with E-state index in [1.165, 1.54) is 11.6 Å². The Morgan fingerprint density at radius 3 is 2.43 bits per heavy atom. The van der Waals surface area contributed by atoms with Gasteiger partial charge in [-0.25, -0.2) is 17.5 Å². The number of hydrogen-bond donors (Lipinski definition) is 1. The molecule has 0 aliphatic heterocycles. The fourth-order valence-corrected chi connectivity index (χ4v) is 2.81. The standard InChI is InChI=1S/C17H20FNO3S/c1-2-14-7-9-16(10-8-14)22-11-12-23(20,21)19-13-15-5-3-4-6-17(15)18/h3-10,19H,2,11-13H2,1H3. The van der Waals surface area contributed by atoms with Gasteiger partial charge in [-0.15, -0.1) is 0 Å². The number of ether oxygens (including phenoxy) is 1. The first-order chi connectivity index (χ1) is 11.0. The summed E-state index contributed by atoms with van der Waals surface area (Å²) in [7, 11) is -3.52. The van der Waals surface area contributed by atoms with Gasteiger partial charge in [0, 0.05) is 12.1 Å². The van der Waals surface area contributed by atoms with E-state index < -0.39 is 15.8 Å². The van der Waals surface area contributed by atoms with E-state index in [1.54, 1.807) is 18.2 Å². The van der Waals surface area contributed by atoms with Gasteiger partial charge in [0.1, 0.15) is 18.2 Å². The average molecular weight is 337 g/mol. The molecule has 2 rings (SSSR count). The van der Waals surface area contributed by atoms with Crippen molar-refractivity contribution < 1.29 is 17.5 Å². The molecule has 2 aromatic rings. The second kappa shape index (κ2) is 8.08. The number of nitrogens with one attached hydrogen (secondary N) is 1. The van der Waals surface area contributed by atoms with Gasteiger partial charge in [0.2, 0.25) is 10.0 Å². The second-order valence-corrected chi connectivity index (χ2v) is 7.00. The minimum Gasteiger partial charge on any atom is -0.492 e. The fraction of sp³-hybridized carbons (Fsp3) is 0.294. The van der Waals surface area contributed by atoms with E-state index in [0.717, 1.165) is 6.42 Å². The summed E-state index contributed by atoms with van der Waals surface area (Å²) < 4.78 is 45.0. The van der Waals surface area contributed by atoms with Crippen LogP contribution < -0.4 is 9.46 Å². The Morgan fingerprint density at radius 2 is 1.78 bits per heavy atom. The topological polar surface area (TPSA) is 55.4 Å². The molecular formula is C17H20FNO3S. The Hall–Kier alpha value is -1.92. The average Bonchev–Trinajstić information content (AvgIpc) is 2.55. The van der Waals surface area contributed by atoms with E-state index in [1.807, 2.05) is 24.3 Å². The zero-order valence-corrected chi connectivity index (χ0v) is 13.8. The zero-order valence-electron chi connectivity index (χ0n) is 13.0. The molecule has 0 amide bonds. The molecule has 0 radical (unpaired) electrons. The highest BCUT2D eigenvalue weighted by molar-refractivity contribution is 7.89. The lowest BCUT2D eigenvalue weighted by Gasteiger charge is -2.09. The first kappa shape index (κ1) is 17.4. The lowest BCUT2D eigenvalue weighted by molar-refractivity contribution is 0.340. The molecule has 2 aromatic carbocycles. The van der Waals surface area contributed by atoms with Crippen LogP contribution in [0, 0.1) is 5.82 Å². The van der Waals surface area contributed by atoms with Gasteiger partial charge >= 0.3 is 0 Å². The van der Waals surface area contributed by atoms with Crippen LogP contribution in [-0.4, -0.2) is 20.8 Å². The maximum Gasteiger partial charge on any atom is 0.215 e. The summed E-state index contributed by atoms with van der Waals surface area (Å²) in [5, 5.41) is 0. The third-order valence-corrected chi connectivity index (χ3v) is 4.68. The van der Waals surface area contributed by atoms with Crippen molar-refractivity contribution in [1.82, 2.24) is 4.72 Å². The number of halogens is 1. The lowest BCUT2D eigenvalue weighted by atomic mass is 10.2. The van der Waals surface area contributed by atoms with Crippen LogP contribution in [0.15, 0.2) is 48.5 Å². The highest BCUT2D eigenvalue weighted by Gasteiger charge is 2.11. The number of aryl methyl sites for hydroxylation is 1. The van der Waals surface area contributed by atoms with Crippen molar-refractivity contribution in [2.45, 2.75) is 19.9 Å². The maximum atomic E-state index is 13.4. The van der Waals surface area contributed by atoms with Gasteiger partial charge in [-0.2, -0.15) is 0 Å². The Bertz CT molecular complexity index is 730. The third kappa shape index (κ3) is 5.65. The van der Waals surface area contributed by atoms with Crippen LogP contribution in [0.5, 0.6) is 5.75 Å². The Balaban J connectivity index is 1.80. The number of sulfonamides is 1. The lowest BCUT2D eigenvalue weighted by Crippen LogP contribution is -2.29. The van der Waals surface area contributed by atoms with Gasteiger partial charge in [-0.05, 0) is 30.2 Å².